The average molecular weight is 283 g/mol. The zero-order valence-electron chi connectivity index (χ0n) is 12.8. The van der Waals surface area contributed by atoms with Crippen molar-refractivity contribution in [2.75, 3.05) is 32.1 Å². The fourth-order valence-electron chi connectivity index (χ4n) is 3.03. The molecule has 0 N–H and O–H groups in total. The molecule has 3 rings (SSSR count). The second-order valence-electron chi connectivity index (χ2n) is 5.98. The van der Waals surface area contributed by atoms with Gasteiger partial charge in [-0.05, 0) is 31.0 Å². The van der Waals surface area contributed by atoms with Gasteiger partial charge in [-0.2, -0.15) is 0 Å². The number of aromatic nitrogens is 1. The first-order valence-corrected chi connectivity index (χ1v) is 7.39. The first-order valence-electron chi connectivity index (χ1n) is 7.39. The average Bonchev–Trinajstić information content (AvgIpc) is 2.96. The Morgan fingerprint density at radius 3 is 2.86 bits per heavy atom. The van der Waals surface area contributed by atoms with Gasteiger partial charge in [-0.1, -0.05) is 18.2 Å². The number of benzene rings is 1. The summed E-state index contributed by atoms with van der Waals surface area (Å²) in [5, 5.41) is 1.20. The maximum Gasteiger partial charge on any atom is 0.227 e. The van der Waals surface area contributed by atoms with Crippen LogP contribution >= 0.6 is 0 Å². The Bertz CT molecular complexity index is 681. The van der Waals surface area contributed by atoms with E-state index in [4.69, 9.17) is 4.98 Å². The molecule has 1 aromatic carbocycles. The molecule has 1 aliphatic rings. The number of pyridine rings is 1. The lowest BCUT2D eigenvalue weighted by Gasteiger charge is -2.20. The third-order valence-electron chi connectivity index (χ3n) is 4.21. The number of anilines is 1. The van der Waals surface area contributed by atoms with Gasteiger partial charge in [0.05, 0.1) is 11.4 Å². The van der Waals surface area contributed by atoms with E-state index < -0.39 is 0 Å². The highest BCUT2D eigenvalue weighted by Gasteiger charge is 2.30. The second kappa shape index (κ2) is 5.35. The number of hydrogen-bond donors (Lipinski definition) is 0. The van der Waals surface area contributed by atoms with Crippen molar-refractivity contribution in [3.05, 3.63) is 35.9 Å². The highest BCUT2D eigenvalue weighted by Crippen LogP contribution is 2.27. The number of para-hydroxylation sites is 1. The molecule has 4 nitrogen and oxygen atoms in total. The molecule has 1 amide bonds. The van der Waals surface area contributed by atoms with Crippen molar-refractivity contribution < 1.29 is 4.79 Å². The highest BCUT2D eigenvalue weighted by atomic mass is 16.2. The molecule has 110 valence electrons. The van der Waals surface area contributed by atoms with Gasteiger partial charge in [0.25, 0.3) is 0 Å². The first-order chi connectivity index (χ1) is 10.1. The maximum atomic E-state index is 12.1. The quantitative estimate of drug-likeness (QED) is 0.849. The molecular formula is C17H21N3O. The zero-order chi connectivity index (χ0) is 15.0. The predicted octanol–water partition coefficient (Wildman–Crippen LogP) is 2.46. The van der Waals surface area contributed by atoms with E-state index in [1.807, 2.05) is 32.3 Å². The summed E-state index contributed by atoms with van der Waals surface area (Å²) in [7, 11) is 3.65. The lowest BCUT2D eigenvalue weighted by atomic mass is 10.1. The van der Waals surface area contributed by atoms with Crippen molar-refractivity contribution in [3.63, 3.8) is 0 Å². The molecule has 1 saturated heterocycles. The highest BCUT2D eigenvalue weighted by molar-refractivity contribution is 5.84. The van der Waals surface area contributed by atoms with Gasteiger partial charge in [0.1, 0.15) is 5.82 Å². The molecule has 1 aromatic heterocycles. The minimum absolute atomic E-state index is 0.0913. The molecule has 2 aromatic rings. The Kier molecular flexibility index (Phi) is 3.53. The monoisotopic (exact) mass is 283 g/mol. The number of nitrogens with zero attached hydrogens (tertiary/aromatic N) is 3. The van der Waals surface area contributed by atoms with Crippen molar-refractivity contribution in [1.29, 1.82) is 0 Å². The molecule has 1 aliphatic heterocycles. The first kappa shape index (κ1) is 13.9. The third-order valence-corrected chi connectivity index (χ3v) is 4.21. The van der Waals surface area contributed by atoms with Gasteiger partial charge in [0.15, 0.2) is 0 Å². The molecule has 1 fully saturated rings. The van der Waals surface area contributed by atoms with Gasteiger partial charge in [0.2, 0.25) is 5.91 Å². The topological polar surface area (TPSA) is 36.4 Å². The molecular weight excluding hydrogens is 262 g/mol. The fraction of sp³-hybridized carbons (Fsp3) is 0.412. The fourth-order valence-corrected chi connectivity index (χ4v) is 3.03. The van der Waals surface area contributed by atoms with Crippen LogP contribution in [0.25, 0.3) is 10.9 Å². The summed E-state index contributed by atoms with van der Waals surface area (Å²) < 4.78 is 0. The van der Waals surface area contributed by atoms with Gasteiger partial charge in [-0.25, -0.2) is 4.98 Å². The summed E-state index contributed by atoms with van der Waals surface area (Å²) in [5.41, 5.74) is 2.26. The van der Waals surface area contributed by atoms with Crippen LogP contribution < -0.4 is 4.90 Å². The van der Waals surface area contributed by atoms with Gasteiger partial charge in [-0.15, -0.1) is 0 Å². The van der Waals surface area contributed by atoms with Crippen molar-refractivity contribution in [2.45, 2.75) is 13.3 Å². The largest absolute Gasteiger partial charge is 0.356 e. The number of carbonyl (C=O) groups is 1. The van der Waals surface area contributed by atoms with Crippen LogP contribution in [-0.2, 0) is 4.79 Å². The van der Waals surface area contributed by atoms with Crippen LogP contribution in [0.1, 0.15) is 12.0 Å². The van der Waals surface area contributed by atoms with Crippen molar-refractivity contribution >= 4 is 22.6 Å². The minimum atomic E-state index is 0.0913. The maximum absolute atomic E-state index is 12.1. The minimum Gasteiger partial charge on any atom is -0.356 e. The van der Waals surface area contributed by atoms with E-state index in [2.05, 4.69) is 24.0 Å². The van der Waals surface area contributed by atoms with E-state index in [0.29, 0.717) is 0 Å². The Hall–Kier alpha value is -2.10. The normalized spacial score (nSPS) is 18.2. The Morgan fingerprint density at radius 1 is 1.33 bits per heavy atom. The van der Waals surface area contributed by atoms with Crippen LogP contribution in [0.5, 0.6) is 0 Å². The van der Waals surface area contributed by atoms with Gasteiger partial charge < -0.3 is 9.80 Å². The summed E-state index contributed by atoms with van der Waals surface area (Å²) in [6.07, 6.45) is 0.907. The van der Waals surface area contributed by atoms with E-state index in [9.17, 15) is 4.79 Å². The molecule has 1 atom stereocenters. The molecule has 0 radical (unpaired) electrons. The summed E-state index contributed by atoms with van der Waals surface area (Å²) in [5.74, 6) is 1.30. The van der Waals surface area contributed by atoms with Crippen LogP contribution in [-0.4, -0.2) is 43.0 Å². The molecule has 2 heterocycles. The Morgan fingerprint density at radius 2 is 2.10 bits per heavy atom. The summed E-state index contributed by atoms with van der Waals surface area (Å²) in [4.78, 5) is 20.8. The van der Waals surface area contributed by atoms with E-state index in [1.54, 1.807) is 4.90 Å². The van der Waals surface area contributed by atoms with E-state index in [1.165, 1.54) is 10.9 Å². The smallest absolute Gasteiger partial charge is 0.227 e. The third kappa shape index (κ3) is 2.58. The Balaban J connectivity index is 1.87. The number of amides is 1. The summed E-state index contributed by atoms with van der Waals surface area (Å²) in [6.45, 7) is 3.78. The van der Waals surface area contributed by atoms with Crippen LogP contribution in [0.4, 0.5) is 5.82 Å². The molecule has 0 saturated carbocycles. The lowest BCUT2D eigenvalue weighted by molar-refractivity contribution is -0.132. The number of carbonyl (C=O) groups excluding carboxylic acids is 1. The lowest BCUT2D eigenvalue weighted by Crippen LogP contribution is -2.32. The molecule has 0 spiro atoms. The van der Waals surface area contributed by atoms with Crippen LogP contribution in [0.3, 0.4) is 0 Å². The van der Waals surface area contributed by atoms with Crippen LogP contribution in [0, 0.1) is 12.8 Å². The van der Waals surface area contributed by atoms with E-state index in [-0.39, 0.29) is 11.8 Å². The zero-order valence-corrected chi connectivity index (χ0v) is 12.8. The molecule has 0 aliphatic carbocycles. The van der Waals surface area contributed by atoms with Crippen molar-refractivity contribution in [1.82, 2.24) is 9.88 Å². The molecule has 0 bridgehead atoms. The molecule has 4 heteroatoms. The van der Waals surface area contributed by atoms with E-state index >= 15 is 0 Å². The van der Waals surface area contributed by atoms with Crippen LogP contribution in [0.15, 0.2) is 30.3 Å². The Labute approximate surface area is 125 Å². The van der Waals surface area contributed by atoms with Gasteiger partial charge in [0, 0.05) is 32.6 Å². The SMILES string of the molecule is Cc1cc(N2CCC(C(=O)N(C)C)C2)nc2ccccc12. The van der Waals surface area contributed by atoms with Gasteiger partial charge >= 0.3 is 0 Å². The van der Waals surface area contributed by atoms with Crippen molar-refractivity contribution in [3.8, 4) is 0 Å². The number of rotatable bonds is 2. The molecule has 1 unspecified atom stereocenters. The van der Waals surface area contributed by atoms with Crippen LogP contribution in [0.2, 0.25) is 0 Å². The van der Waals surface area contributed by atoms with E-state index in [0.717, 1.165) is 30.8 Å². The van der Waals surface area contributed by atoms with Gasteiger partial charge in [-0.3, -0.25) is 4.79 Å². The second-order valence-corrected chi connectivity index (χ2v) is 5.98. The van der Waals surface area contributed by atoms with Crippen molar-refractivity contribution in [2.24, 2.45) is 5.92 Å². The molecule has 21 heavy (non-hydrogen) atoms. The number of fused-ring (bicyclic) bond motifs is 1. The summed E-state index contributed by atoms with van der Waals surface area (Å²) >= 11 is 0. The standard InChI is InChI=1S/C17H21N3O/c1-12-10-16(18-15-7-5-4-6-14(12)15)20-9-8-13(11-20)17(21)19(2)3/h4-7,10,13H,8-9,11H2,1-3H3. The number of hydrogen-bond acceptors (Lipinski definition) is 3. The number of aryl methyl sites for hydroxylation is 1. The summed E-state index contributed by atoms with van der Waals surface area (Å²) in [6, 6.07) is 10.3. The predicted molar refractivity (Wildman–Crippen MR) is 85.5 cm³/mol.